The van der Waals surface area contributed by atoms with Crippen LogP contribution in [0.15, 0.2) is 24.9 Å². The highest BCUT2D eigenvalue weighted by Crippen LogP contribution is 2.26. The van der Waals surface area contributed by atoms with E-state index in [4.69, 9.17) is 9.84 Å². The van der Waals surface area contributed by atoms with Crippen LogP contribution in [0.1, 0.15) is 22.3 Å². The van der Waals surface area contributed by atoms with Crippen LogP contribution in [-0.4, -0.2) is 35.3 Å². The van der Waals surface area contributed by atoms with Gasteiger partial charge in [-0.05, 0) is 24.5 Å². The van der Waals surface area contributed by atoms with Gasteiger partial charge in [0.05, 0.1) is 5.56 Å². The molecular weight excluding hydrogens is 248 g/mol. The number of rotatable bonds is 3. The van der Waals surface area contributed by atoms with Gasteiger partial charge in [-0.25, -0.2) is 14.6 Å². The zero-order valence-corrected chi connectivity index (χ0v) is 10.3. The molecule has 0 aromatic carbocycles. The number of carbonyl (C=O) groups excluding carboxylic acids is 1. The molecule has 2 rings (SSSR count). The third kappa shape index (κ3) is 2.73. The molecule has 0 aliphatic carbocycles. The standard InChI is InChI=1S/C13H14N2O4/c1-2-6-19-13(18)15-5-3-4-9-7-10(12(16)17)8-14-11(9)15/h2,7-8H,1,3-6H2,(H,16,17). The first-order valence-electron chi connectivity index (χ1n) is 5.91. The number of nitrogens with zero attached hydrogens (tertiary/aromatic N) is 2. The van der Waals surface area contributed by atoms with Crippen molar-refractivity contribution in [3.05, 3.63) is 36.0 Å². The summed E-state index contributed by atoms with van der Waals surface area (Å²) in [5, 5.41) is 8.92. The summed E-state index contributed by atoms with van der Waals surface area (Å²) in [5.74, 6) is -0.549. The SMILES string of the molecule is C=CCOC(=O)N1CCCc2cc(C(=O)O)cnc21. The smallest absolute Gasteiger partial charge is 0.415 e. The number of aryl methyl sites for hydroxylation is 1. The van der Waals surface area contributed by atoms with E-state index in [9.17, 15) is 9.59 Å². The Morgan fingerprint density at radius 2 is 2.37 bits per heavy atom. The van der Waals surface area contributed by atoms with Crippen molar-refractivity contribution >= 4 is 17.9 Å². The maximum atomic E-state index is 11.8. The van der Waals surface area contributed by atoms with Crippen LogP contribution in [-0.2, 0) is 11.2 Å². The number of pyridine rings is 1. The number of carbonyl (C=O) groups is 2. The molecule has 0 atom stereocenters. The second-order valence-corrected chi connectivity index (χ2v) is 4.13. The van der Waals surface area contributed by atoms with Gasteiger partial charge in [0.15, 0.2) is 0 Å². The number of fused-ring (bicyclic) bond motifs is 1. The lowest BCUT2D eigenvalue weighted by molar-refractivity contribution is 0.0696. The Morgan fingerprint density at radius 3 is 3.05 bits per heavy atom. The van der Waals surface area contributed by atoms with E-state index in [0.29, 0.717) is 18.8 Å². The number of hydrogen-bond acceptors (Lipinski definition) is 4. The van der Waals surface area contributed by atoms with E-state index in [1.54, 1.807) is 6.07 Å². The molecule has 0 unspecified atom stereocenters. The maximum absolute atomic E-state index is 11.8. The number of aromatic carboxylic acids is 1. The molecule has 2 heterocycles. The van der Waals surface area contributed by atoms with Crippen molar-refractivity contribution < 1.29 is 19.4 Å². The molecule has 0 saturated heterocycles. The van der Waals surface area contributed by atoms with Gasteiger partial charge in [-0.1, -0.05) is 12.7 Å². The summed E-state index contributed by atoms with van der Waals surface area (Å²) in [6, 6.07) is 1.55. The van der Waals surface area contributed by atoms with Gasteiger partial charge >= 0.3 is 12.1 Å². The molecule has 0 bridgehead atoms. The second kappa shape index (κ2) is 5.51. The van der Waals surface area contributed by atoms with Crippen LogP contribution in [0.3, 0.4) is 0 Å². The largest absolute Gasteiger partial charge is 0.478 e. The Kier molecular flexibility index (Phi) is 3.79. The van der Waals surface area contributed by atoms with Gasteiger partial charge in [0, 0.05) is 12.7 Å². The number of amides is 1. The molecule has 1 aromatic rings. The van der Waals surface area contributed by atoms with Gasteiger partial charge in [0.25, 0.3) is 0 Å². The highest BCUT2D eigenvalue weighted by molar-refractivity contribution is 5.91. The monoisotopic (exact) mass is 262 g/mol. The average Bonchev–Trinajstić information content (AvgIpc) is 2.43. The minimum absolute atomic E-state index is 0.125. The maximum Gasteiger partial charge on any atom is 0.415 e. The molecule has 1 aliphatic heterocycles. The predicted molar refractivity (Wildman–Crippen MR) is 68.4 cm³/mol. The molecule has 0 saturated carbocycles. The lowest BCUT2D eigenvalue weighted by Crippen LogP contribution is -2.36. The fourth-order valence-electron chi connectivity index (χ4n) is 1.97. The van der Waals surface area contributed by atoms with E-state index in [1.165, 1.54) is 17.2 Å². The number of carboxylic acid groups (broad SMARTS) is 1. The molecule has 6 nitrogen and oxygen atoms in total. The Balaban J connectivity index is 2.26. The molecular formula is C13H14N2O4. The minimum atomic E-state index is -1.03. The molecule has 0 radical (unpaired) electrons. The fourth-order valence-corrected chi connectivity index (χ4v) is 1.97. The normalized spacial score (nSPS) is 13.6. The van der Waals surface area contributed by atoms with Crippen LogP contribution in [0, 0.1) is 0 Å². The summed E-state index contributed by atoms with van der Waals surface area (Å²) < 4.78 is 4.98. The molecule has 100 valence electrons. The molecule has 19 heavy (non-hydrogen) atoms. The molecule has 0 spiro atoms. The molecule has 1 aliphatic rings. The Hall–Kier alpha value is -2.37. The first-order chi connectivity index (χ1) is 9.13. The van der Waals surface area contributed by atoms with Crippen molar-refractivity contribution in [2.45, 2.75) is 12.8 Å². The van der Waals surface area contributed by atoms with Crippen molar-refractivity contribution in [3.63, 3.8) is 0 Å². The van der Waals surface area contributed by atoms with Gasteiger partial charge in [0.1, 0.15) is 12.4 Å². The first kappa shape index (κ1) is 13.1. The third-order valence-corrected chi connectivity index (χ3v) is 2.82. The number of aromatic nitrogens is 1. The van der Waals surface area contributed by atoms with Gasteiger partial charge in [-0.3, -0.25) is 4.90 Å². The van der Waals surface area contributed by atoms with Crippen LogP contribution in [0.5, 0.6) is 0 Å². The van der Waals surface area contributed by atoms with Gasteiger partial charge in [0.2, 0.25) is 0 Å². The van der Waals surface area contributed by atoms with E-state index in [-0.39, 0.29) is 12.2 Å². The van der Waals surface area contributed by atoms with Gasteiger partial charge in [-0.15, -0.1) is 0 Å². The number of hydrogen-bond donors (Lipinski definition) is 1. The topological polar surface area (TPSA) is 79.7 Å². The van der Waals surface area contributed by atoms with Crippen LogP contribution >= 0.6 is 0 Å². The number of ether oxygens (including phenoxy) is 1. The van der Waals surface area contributed by atoms with E-state index >= 15 is 0 Å². The van der Waals surface area contributed by atoms with Crippen LogP contribution in [0.25, 0.3) is 0 Å². The summed E-state index contributed by atoms with van der Waals surface area (Å²) in [6.45, 7) is 4.13. The Labute approximate surface area is 110 Å². The van der Waals surface area contributed by atoms with E-state index in [1.807, 2.05) is 0 Å². The summed E-state index contributed by atoms with van der Waals surface area (Å²) >= 11 is 0. The fraction of sp³-hybridized carbons (Fsp3) is 0.308. The van der Waals surface area contributed by atoms with Crippen molar-refractivity contribution in [1.29, 1.82) is 0 Å². The van der Waals surface area contributed by atoms with Crippen molar-refractivity contribution in [2.24, 2.45) is 0 Å². The van der Waals surface area contributed by atoms with E-state index in [0.717, 1.165) is 12.0 Å². The van der Waals surface area contributed by atoms with Crippen LogP contribution in [0.4, 0.5) is 10.6 Å². The lowest BCUT2D eigenvalue weighted by Gasteiger charge is -2.27. The molecule has 0 fully saturated rings. The summed E-state index contributed by atoms with van der Waals surface area (Å²) in [7, 11) is 0. The highest BCUT2D eigenvalue weighted by atomic mass is 16.6. The average molecular weight is 262 g/mol. The molecule has 6 heteroatoms. The van der Waals surface area contributed by atoms with Crippen LogP contribution < -0.4 is 4.90 Å². The van der Waals surface area contributed by atoms with Crippen molar-refractivity contribution in [3.8, 4) is 0 Å². The second-order valence-electron chi connectivity index (χ2n) is 4.13. The van der Waals surface area contributed by atoms with Crippen LogP contribution in [0.2, 0.25) is 0 Å². The predicted octanol–water partition coefficient (Wildman–Crippen LogP) is 1.85. The Morgan fingerprint density at radius 1 is 1.58 bits per heavy atom. The Bertz CT molecular complexity index is 527. The van der Waals surface area contributed by atoms with Crippen molar-refractivity contribution in [2.75, 3.05) is 18.1 Å². The molecule has 1 N–H and O–H groups in total. The lowest BCUT2D eigenvalue weighted by atomic mass is 10.0. The van der Waals surface area contributed by atoms with E-state index < -0.39 is 12.1 Å². The first-order valence-corrected chi connectivity index (χ1v) is 5.91. The molecule has 1 amide bonds. The van der Waals surface area contributed by atoms with E-state index in [2.05, 4.69) is 11.6 Å². The minimum Gasteiger partial charge on any atom is -0.478 e. The summed E-state index contributed by atoms with van der Waals surface area (Å²) in [4.78, 5) is 28.2. The van der Waals surface area contributed by atoms with Gasteiger partial charge < -0.3 is 9.84 Å². The number of anilines is 1. The zero-order chi connectivity index (χ0) is 13.8. The van der Waals surface area contributed by atoms with Crippen molar-refractivity contribution in [1.82, 2.24) is 4.98 Å². The molecule has 1 aromatic heterocycles. The summed E-state index contributed by atoms with van der Waals surface area (Å²) in [6.07, 6.45) is 3.70. The van der Waals surface area contributed by atoms with Gasteiger partial charge in [-0.2, -0.15) is 0 Å². The summed E-state index contributed by atoms with van der Waals surface area (Å²) in [5.41, 5.74) is 0.877. The third-order valence-electron chi connectivity index (χ3n) is 2.82. The number of carboxylic acids is 1. The highest BCUT2D eigenvalue weighted by Gasteiger charge is 2.25. The quantitative estimate of drug-likeness (QED) is 0.841. The zero-order valence-electron chi connectivity index (χ0n) is 10.3.